The third kappa shape index (κ3) is 2.47. The normalized spacial score (nSPS) is 10.2. The highest BCUT2D eigenvalue weighted by Crippen LogP contribution is 2.28. The summed E-state index contributed by atoms with van der Waals surface area (Å²) in [5, 5.41) is 18.4. The van der Waals surface area contributed by atoms with E-state index < -0.39 is 11.9 Å². The van der Waals surface area contributed by atoms with Crippen LogP contribution in [0.1, 0.15) is 26.3 Å². The van der Waals surface area contributed by atoms with Gasteiger partial charge in [-0.15, -0.1) is 0 Å². The van der Waals surface area contributed by atoms with E-state index in [9.17, 15) is 14.7 Å². The quantitative estimate of drug-likeness (QED) is 0.885. The van der Waals surface area contributed by atoms with Crippen LogP contribution in [0, 0.1) is 6.92 Å². The minimum absolute atomic E-state index is 0.0915. The molecule has 0 aliphatic heterocycles. The van der Waals surface area contributed by atoms with Crippen LogP contribution in [0.4, 0.5) is 0 Å². The van der Waals surface area contributed by atoms with Crippen molar-refractivity contribution in [2.24, 2.45) is 0 Å². The van der Waals surface area contributed by atoms with Gasteiger partial charge in [-0.25, -0.2) is 9.59 Å². The molecular weight excluding hydrogens is 244 g/mol. The largest absolute Gasteiger partial charge is 0.478 e. The van der Waals surface area contributed by atoms with Crippen LogP contribution in [0.2, 0.25) is 0 Å². The average Bonchev–Trinajstić information content (AvgIpc) is 2.38. The van der Waals surface area contributed by atoms with Gasteiger partial charge in [-0.3, -0.25) is 0 Å². The lowest BCUT2D eigenvalue weighted by Crippen LogP contribution is -2.04. The maximum absolute atomic E-state index is 11.3. The topological polar surface area (TPSA) is 74.6 Å². The molecule has 0 unspecified atom stereocenters. The molecule has 0 radical (unpaired) electrons. The summed E-state index contributed by atoms with van der Waals surface area (Å²) >= 11 is 0. The first-order valence-electron chi connectivity index (χ1n) is 5.67. The monoisotopic (exact) mass is 256 g/mol. The first-order chi connectivity index (χ1) is 9.00. The van der Waals surface area contributed by atoms with Crippen molar-refractivity contribution in [3.8, 4) is 11.1 Å². The summed E-state index contributed by atoms with van der Waals surface area (Å²) in [7, 11) is 0. The predicted octanol–water partition coefficient (Wildman–Crippen LogP) is 3.06. The number of aryl methyl sites for hydroxylation is 1. The van der Waals surface area contributed by atoms with E-state index in [-0.39, 0.29) is 11.1 Å². The van der Waals surface area contributed by atoms with Crippen LogP contribution in [-0.2, 0) is 0 Å². The number of rotatable bonds is 3. The summed E-state index contributed by atoms with van der Waals surface area (Å²) in [4.78, 5) is 22.5. The average molecular weight is 256 g/mol. The Morgan fingerprint density at radius 1 is 0.842 bits per heavy atom. The fourth-order valence-electron chi connectivity index (χ4n) is 1.97. The van der Waals surface area contributed by atoms with Gasteiger partial charge in [-0.2, -0.15) is 0 Å². The molecule has 2 rings (SSSR count). The van der Waals surface area contributed by atoms with Crippen molar-refractivity contribution < 1.29 is 19.8 Å². The second-order valence-corrected chi connectivity index (χ2v) is 4.20. The summed E-state index contributed by atoms with van der Waals surface area (Å²) < 4.78 is 0. The van der Waals surface area contributed by atoms with Crippen LogP contribution in [0.5, 0.6) is 0 Å². The second-order valence-electron chi connectivity index (χ2n) is 4.20. The van der Waals surface area contributed by atoms with Crippen LogP contribution in [0.15, 0.2) is 42.5 Å². The standard InChI is InChI=1S/C15H12O4/c1-9-6-7-11(13(8-9)15(18)19)10-4-2-3-5-12(10)14(16)17/h2-8H,1H3,(H,16,17)(H,18,19). The van der Waals surface area contributed by atoms with Crippen molar-refractivity contribution in [3.63, 3.8) is 0 Å². The lowest BCUT2D eigenvalue weighted by atomic mass is 9.94. The Bertz CT molecular complexity index is 659. The molecule has 19 heavy (non-hydrogen) atoms. The third-order valence-corrected chi connectivity index (χ3v) is 2.85. The summed E-state index contributed by atoms with van der Waals surface area (Å²) in [5.41, 5.74) is 1.83. The third-order valence-electron chi connectivity index (χ3n) is 2.85. The maximum Gasteiger partial charge on any atom is 0.336 e. The van der Waals surface area contributed by atoms with Gasteiger partial charge in [-0.05, 0) is 30.2 Å². The van der Waals surface area contributed by atoms with E-state index in [4.69, 9.17) is 5.11 Å². The number of aromatic carboxylic acids is 2. The zero-order valence-electron chi connectivity index (χ0n) is 10.3. The molecule has 0 spiro atoms. The lowest BCUT2D eigenvalue weighted by Gasteiger charge is -2.10. The van der Waals surface area contributed by atoms with Crippen molar-refractivity contribution in [2.75, 3.05) is 0 Å². The number of carboxylic acids is 2. The van der Waals surface area contributed by atoms with Crippen LogP contribution in [0.3, 0.4) is 0 Å². The molecule has 0 aromatic heterocycles. The predicted molar refractivity (Wildman–Crippen MR) is 70.5 cm³/mol. The number of carbonyl (C=O) groups is 2. The first-order valence-corrected chi connectivity index (χ1v) is 5.67. The molecular formula is C15H12O4. The number of benzene rings is 2. The summed E-state index contributed by atoms with van der Waals surface area (Å²) in [6.45, 7) is 1.79. The molecule has 0 fully saturated rings. The summed E-state index contributed by atoms with van der Waals surface area (Å²) in [6.07, 6.45) is 0. The Hall–Kier alpha value is -2.62. The highest BCUT2D eigenvalue weighted by Gasteiger charge is 2.17. The Morgan fingerprint density at radius 2 is 1.42 bits per heavy atom. The fourth-order valence-corrected chi connectivity index (χ4v) is 1.97. The van der Waals surface area contributed by atoms with Gasteiger partial charge in [0.2, 0.25) is 0 Å². The zero-order chi connectivity index (χ0) is 14.0. The van der Waals surface area contributed by atoms with Crippen molar-refractivity contribution in [1.82, 2.24) is 0 Å². The van der Waals surface area contributed by atoms with Crippen LogP contribution in [0.25, 0.3) is 11.1 Å². The molecule has 0 aliphatic carbocycles. The Kier molecular flexibility index (Phi) is 3.33. The molecule has 0 amide bonds. The van der Waals surface area contributed by atoms with Crippen molar-refractivity contribution in [3.05, 3.63) is 59.2 Å². The summed E-state index contributed by atoms with van der Waals surface area (Å²) in [5.74, 6) is -2.15. The Labute approximate surface area is 109 Å². The highest BCUT2D eigenvalue weighted by atomic mass is 16.4. The van der Waals surface area contributed by atoms with Gasteiger partial charge in [0, 0.05) is 0 Å². The summed E-state index contributed by atoms with van der Waals surface area (Å²) in [6, 6.07) is 11.3. The van der Waals surface area contributed by atoms with E-state index >= 15 is 0 Å². The molecule has 0 heterocycles. The molecule has 2 aromatic carbocycles. The van der Waals surface area contributed by atoms with Gasteiger partial charge in [0.05, 0.1) is 11.1 Å². The molecule has 4 nitrogen and oxygen atoms in total. The second kappa shape index (κ2) is 4.94. The Morgan fingerprint density at radius 3 is 2.05 bits per heavy atom. The van der Waals surface area contributed by atoms with Gasteiger partial charge < -0.3 is 10.2 Å². The van der Waals surface area contributed by atoms with Gasteiger partial charge in [0.25, 0.3) is 0 Å². The SMILES string of the molecule is Cc1ccc(-c2ccccc2C(=O)O)c(C(=O)O)c1. The number of carboxylic acid groups (broad SMARTS) is 2. The van der Waals surface area contributed by atoms with Gasteiger partial charge >= 0.3 is 11.9 Å². The lowest BCUT2D eigenvalue weighted by molar-refractivity contribution is 0.0684. The number of hydrogen-bond donors (Lipinski definition) is 2. The minimum Gasteiger partial charge on any atom is -0.478 e. The van der Waals surface area contributed by atoms with Crippen LogP contribution in [-0.4, -0.2) is 22.2 Å². The van der Waals surface area contributed by atoms with Crippen molar-refractivity contribution in [1.29, 1.82) is 0 Å². The molecule has 96 valence electrons. The molecule has 0 saturated carbocycles. The molecule has 0 bridgehead atoms. The molecule has 2 aromatic rings. The molecule has 4 heteroatoms. The zero-order valence-corrected chi connectivity index (χ0v) is 10.3. The van der Waals surface area contributed by atoms with Gasteiger partial charge in [0.15, 0.2) is 0 Å². The molecule has 0 atom stereocenters. The Balaban J connectivity index is 2.72. The van der Waals surface area contributed by atoms with Gasteiger partial charge in [0.1, 0.15) is 0 Å². The van der Waals surface area contributed by atoms with Crippen molar-refractivity contribution in [2.45, 2.75) is 6.92 Å². The molecule has 0 aliphatic rings. The molecule has 0 saturated heterocycles. The van der Waals surface area contributed by atoms with E-state index in [0.29, 0.717) is 11.1 Å². The van der Waals surface area contributed by atoms with Crippen LogP contribution < -0.4 is 0 Å². The smallest absolute Gasteiger partial charge is 0.336 e. The number of hydrogen-bond acceptors (Lipinski definition) is 2. The van der Waals surface area contributed by atoms with E-state index in [1.54, 1.807) is 37.3 Å². The van der Waals surface area contributed by atoms with Crippen molar-refractivity contribution >= 4 is 11.9 Å². The van der Waals surface area contributed by atoms with E-state index in [1.165, 1.54) is 12.1 Å². The van der Waals surface area contributed by atoms with E-state index in [1.807, 2.05) is 0 Å². The minimum atomic E-state index is -1.08. The maximum atomic E-state index is 11.3. The van der Waals surface area contributed by atoms with Crippen LogP contribution >= 0.6 is 0 Å². The molecule has 2 N–H and O–H groups in total. The fraction of sp³-hybridized carbons (Fsp3) is 0.0667. The van der Waals surface area contributed by atoms with E-state index in [0.717, 1.165) is 5.56 Å². The highest BCUT2D eigenvalue weighted by molar-refractivity contribution is 6.02. The van der Waals surface area contributed by atoms with E-state index in [2.05, 4.69) is 0 Å². The first kappa shape index (κ1) is 12.8. The van der Waals surface area contributed by atoms with Gasteiger partial charge in [-0.1, -0.05) is 35.9 Å².